The van der Waals surface area contributed by atoms with Crippen LogP contribution in [0.5, 0.6) is 5.75 Å². The van der Waals surface area contributed by atoms with Gasteiger partial charge in [0.1, 0.15) is 29.9 Å². The number of aromatic nitrogens is 4. The van der Waals surface area contributed by atoms with E-state index < -0.39 is 5.91 Å². The number of rotatable bonds is 5. The van der Waals surface area contributed by atoms with Gasteiger partial charge in [-0.25, -0.2) is 4.98 Å². The lowest BCUT2D eigenvalue weighted by Gasteiger charge is -2.09. The van der Waals surface area contributed by atoms with Crippen LogP contribution < -0.4 is 10.1 Å². The molecule has 0 fully saturated rings. The molecule has 0 unspecified atom stereocenters. The van der Waals surface area contributed by atoms with Gasteiger partial charge in [-0.15, -0.1) is 10.2 Å². The van der Waals surface area contributed by atoms with Crippen LogP contribution in [-0.4, -0.2) is 32.3 Å². The van der Waals surface area contributed by atoms with Crippen molar-refractivity contribution in [2.45, 2.75) is 6.92 Å². The van der Waals surface area contributed by atoms with Crippen molar-refractivity contribution in [1.82, 2.24) is 19.7 Å². The number of amides is 1. The van der Waals surface area contributed by atoms with Gasteiger partial charge in [0.2, 0.25) is 0 Å². The molecule has 2 aromatic heterocycles. The topological polar surface area (TPSA) is 81.9 Å². The predicted molar refractivity (Wildman–Crippen MR) is 89.7 cm³/mol. The van der Waals surface area contributed by atoms with Gasteiger partial charge in [-0.1, -0.05) is 11.6 Å². The minimum atomic E-state index is -0.404. The number of benzene rings is 1. The van der Waals surface area contributed by atoms with E-state index in [2.05, 4.69) is 20.5 Å². The second kappa shape index (κ2) is 7.10. The lowest BCUT2D eigenvalue weighted by Crippen LogP contribution is -2.15. The van der Waals surface area contributed by atoms with Crippen molar-refractivity contribution in [1.29, 1.82) is 0 Å². The van der Waals surface area contributed by atoms with Crippen molar-refractivity contribution >= 4 is 23.2 Å². The molecule has 3 rings (SSSR count). The number of ether oxygens (including phenoxy) is 1. The SMILES string of the molecule is CCOc1ccc(NC(=O)c2nc(-n3cnnc3)ccc2Cl)cc1. The number of pyridine rings is 1. The fourth-order valence-electron chi connectivity index (χ4n) is 2.05. The van der Waals surface area contributed by atoms with Crippen molar-refractivity contribution in [3.8, 4) is 11.6 Å². The maximum atomic E-state index is 12.4. The van der Waals surface area contributed by atoms with Crippen LogP contribution in [0, 0.1) is 0 Å². The van der Waals surface area contributed by atoms with Gasteiger partial charge in [0.15, 0.2) is 0 Å². The third-order valence-electron chi connectivity index (χ3n) is 3.15. The number of carbonyl (C=O) groups excluding carboxylic acids is 1. The van der Waals surface area contributed by atoms with Crippen LogP contribution in [0.15, 0.2) is 49.1 Å². The lowest BCUT2D eigenvalue weighted by molar-refractivity contribution is 0.102. The zero-order valence-corrected chi connectivity index (χ0v) is 13.6. The first kappa shape index (κ1) is 15.9. The number of hydrogen-bond donors (Lipinski definition) is 1. The Morgan fingerprint density at radius 2 is 1.88 bits per heavy atom. The molecule has 24 heavy (non-hydrogen) atoms. The van der Waals surface area contributed by atoms with Gasteiger partial charge < -0.3 is 10.1 Å². The van der Waals surface area contributed by atoms with E-state index in [1.807, 2.05) is 6.92 Å². The summed E-state index contributed by atoms with van der Waals surface area (Å²) in [5.74, 6) is 0.835. The molecule has 7 nitrogen and oxygen atoms in total. The second-order valence-corrected chi connectivity index (χ2v) is 5.19. The number of hydrogen-bond acceptors (Lipinski definition) is 5. The molecule has 0 saturated heterocycles. The Hall–Kier alpha value is -2.93. The average Bonchev–Trinajstić information content (AvgIpc) is 3.12. The number of nitrogens with zero attached hydrogens (tertiary/aromatic N) is 4. The highest BCUT2D eigenvalue weighted by molar-refractivity contribution is 6.34. The smallest absolute Gasteiger partial charge is 0.275 e. The van der Waals surface area contributed by atoms with Crippen molar-refractivity contribution in [2.75, 3.05) is 11.9 Å². The van der Waals surface area contributed by atoms with E-state index >= 15 is 0 Å². The third kappa shape index (κ3) is 3.52. The normalized spacial score (nSPS) is 10.4. The Kier molecular flexibility index (Phi) is 4.72. The maximum absolute atomic E-state index is 12.4. The van der Waals surface area contributed by atoms with Crippen molar-refractivity contribution in [3.05, 3.63) is 59.8 Å². The summed E-state index contributed by atoms with van der Waals surface area (Å²) in [6, 6.07) is 10.3. The van der Waals surface area contributed by atoms with E-state index in [9.17, 15) is 4.79 Å². The first-order valence-corrected chi connectivity index (χ1v) is 7.61. The highest BCUT2D eigenvalue weighted by atomic mass is 35.5. The summed E-state index contributed by atoms with van der Waals surface area (Å²) in [6.45, 7) is 2.49. The Bertz CT molecular complexity index is 834. The number of nitrogens with one attached hydrogen (secondary N) is 1. The van der Waals surface area contributed by atoms with Gasteiger partial charge in [0.05, 0.1) is 11.6 Å². The summed E-state index contributed by atoms with van der Waals surface area (Å²) in [5.41, 5.74) is 0.743. The largest absolute Gasteiger partial charge is 0.494 e. The highest BCUT2D eigenvalue weighted by Crippen LogP contribution is 2.20. The van der Waals surface area contributed by atoms with Gasteiger partial charge in [-0.3, -0.25) is 9.36 Å². The Morgan fingerprint density at radius 3 is 2.54 bits per heavy atom. The average molecular weight is 344 g/mol. The van der Waals surface area contributed by atoms with E-state index in [0.29, 0.717) is 18.1 Å². The molecule has 0 bridgehead atoms. The van der Waals surface area contributed by atoms with E-state index in [4.69, 9.17) is 16.3 Å². The van der Waals surface area contributed by atoms with Gasteiger partial charge in [0, 0.05) is 5.69 Å². The number of anilines is 1. The molecule has 0 spiro atoms. The fourth-order valence-corrected chi connectivity index (χ4v) is 2.24. The molecule has 8 heteroatoms. The molecule has 1 aromatic carbocycles. The second-order valence-electron chi connectivity index (χ2n) is 4.78. The van der Waals surface area contributed by atoms with Crippen LogP contribution in [0.25, 0.3) is 5.82 Å². The molecule has 0 aliphatic heterocycles. The van der Waals surface area contributed by atoms with E-state index in [0.717, 1.165) is 5.75 Å². The summed E-state index contributed by atoms with van der Waals surface area (Å²) in [6.07, 6.45) is 2.98. The van der Waals surface area contributed by atoms with Gasteiger partial charge >= 0.3 is 0 Å². The van der Waals surface area contributed by atoms with E-state index in [1.54, 1.807) is 41.0 Å². The first-order valence-electron chi connectivity index (χ1n) is 7.23. The van der Waals surface area contributed by atoms with Gasteiger partial charge in [-0.2, -0.15) is 0 Å². The molecule has 0 saturated carbocycles. The molecular formula is C16H14ClN5O2. The van der Waals surface area contributed by atoms with Crippen LogP contribution in [0.2, 0.25) is 5.02 Å². The van der Waals surface area contributed by atoms with Gasteiger partial charge in [0.25, 0.3) is 5.91 Å². The van der Waals surface area contributed by atoms with Crippen molar-refractivity contribution in [3.63, 3.8) is 0 Å². The molecule has 0 radical (unpaired) electrons. The predicted octanol–water partition coefficient (Wildman–Crippen LogP) is 2.97. The standard InChI is InChI=1S/C16H14ClN5O2/c1-2-24-12-5-3-11(4-6-12)20-16(23)15-13(17)7-8-14(21-15)22-9-18-19-10-22/h3-10H,2H2,1H3,(H,20,23). The molecule has 0 atom stereocenters. The van der Waals surface area contributed by atoms with Crippen LogP contribution in [0.4, 0.5) is 5.69 Å². The monoisotopic (exact) mass is 343 g/mol. The summed E-state index contributed by atoms with van der Waals surface area (Å²) in [4.78, 5) is 16.7. The third-order valence-corrected chi connectivity index (χ3v) is 3.46. The van der Waals surface area contributed by atoms with E-state index in [-0.39, 0.29) is 10.7 Å². The fraction of sp³-hybridized carbons (Fsp3) is 0.125. The molecule has 0 aliphatic carbocycles. The summed E-state index contributed by atoms with van der Waals surface area (Å²) < 4.78 is 6.95. The molecule has 3 aromatic rings. The molecule has 122 valence electrons. The Labute approximate surface area is 143 Å². The lowest BCUT2D eigenvalue weighted by atomic mass is 10.2. The maximum Gasteiger partial charge on any atom is 0.275 e. The number of carbonyl (C=O) groups is 1. The molecular weight excluding hydrogens is 330 g/mol. The van der Waals surface area contributed by atoms with Gasteiger partial charge in [-0.05, 0) is 43.3 Å². The van der Waals surface area contributed by atoms with Crippen LogP contribution in [0.1, 0.15) is 17.4 Å². The minimum absolute atomic E-state index is 0.122. The minimum Gasteiger partial charge on any atom is -0.494 e. The molecule has 0 aliphatic rings. The zero-order valence-electron chi connectivity index (χ0n) is 12.8. The first-order chi connectivity index (χ1) is 11.7. The van der Waals surface area contributed by atoms with Crippen LogP contribution >= 0.6 is 11.6 Å². The summed E-state index contributed by atoms with van der Waals surface area (Å²) >= 11 is 6.10. The Balaban J connectivity index is 1.80. The number of halogens is 1. The summed E-state index contributed by atoms with van der Waals surface area (Å²) in [5, 5.41) is 10.4. The molecule has 1 N–H and O–H groups in total. The summed E-state index contributed by atoms with van der Waals surface area (Å²) in [7, 11) is 0. The highest BCUT2D eigenvalue weighted by Gasteiger charge is 2.14. The zero-order chi connectivity index (χ0) is 16.9. The molecule has 2 heterocycles. The molecule has 1 amide bonds. The van der Waals surface area contributed by atoms with Crippen LogP contribution in [0.3, 0.4) is 0 Å². The van der Waals surface area contributed by atoms with Crippen LogP contribution in [-0.2, 0) is 0 Å². The van der Waals surface area contributed by atoms with Crippen molar-refractivity contribution in [2.24, 2.45) is 0 Å². The quantitative estimate of drug-likeness (QED) is 0.770. The Morgan fingerprint density at radius 1 is 1.17 bits per heavy atom. The van der Waals surface area contributed by atoms with Crippen molar-refractivity contribution < 1.29 is 9.53 Å². The van der Waals surface area contributed by atoms with E-state index in [1.165, 1.54) is 12.7 Å².